The summed E-state index contributed by atoms with van der Waals surface area (Å²) in [6.45, 7) is 3.40. The lowest BCUT2D eigenvalue weighted by atomic mass is 10.1. The lowest BCUT2D eigenvalue weighted by Crippen LogP contribution is -2.40. The van der Waals surface area contributed by atoms with E-state index < -0.39 is 11.6 Å². The van der Waals surface area contributed by atoms with Crippen LogP contribution in [0, 0.1) is 11.6 Å². The maximum Gasteiger partial charge on any atom is 0.191 e. The van der Waals surface area contributed by atoms with Crippen molar-refractivity contribution in [3.05, 3.63) is 71.3 Å². The molecule has 0 bridgehead atoms. The zero-order chi connectivity index (χ0) is 18.1. The number of aliphatic imine (C=N–C) groups is 1. The molecule has 0 fully saturated rings. The summed E-state index contributed by atoms with van der Waals surface area (Å²) in [6.07, 6.45) is 0. The maximum absolute atomic E-state index is 13.8. The third kappa shape index (κ3) is 6.15. The molecule has 0 amide bonds. The highest BCUT2D eigenvalue weighted by Crippen LogP contribution is 2.17. The van der Waals surface area contributed by atoms with E-state index in [1.54, 1.807) is 14.0 Å². The summed E-state index contributed by atoms with van der Waals surface area (Å²) >= 11 is 0. The molecule has 1 atom stereocenters. The van der Waals surface area contributed by atoms with Crippen LogP contribution in [0.4, 0.5) is 8.78 Å². The van der Waals surface area contributed by atoms with Crippen molar-refractivity contribution in [3.63, 3.8) is 0 Å². The van der Waals surface area contributed by atoms with E-state index in [9.17, 15) is 8.78 Å². The zero-order valence-electron chi connectivity index (χ0n) is 14.4. The van der Waals surface area contributed by atoms with Gasteiger partial charge in [-0.3, -0.25) is 4.99 Å². The summed E-state index contributed by atoms with van der Waals surface area (Å²) in [5.74, 6) is -0.646. The van der Waals surface area contributed by atoms with E-state index in [-0.39, 0.29) is 6.04 Å². The molecule has 1 unspecified atom stereocenters. The zero-order valence-corrected chi connectivity index (χ0v) is 14.4. The Morgan fingerprint density at radius 1 is 1.16 bits per heavy atom. The van der Waals surface area contributed by atoms with E-state index in [1.165, 1.54) is 12.1 Å². The first-order valence-electron chi connectivity index (χ1n) is 8.14. The van der Waals surface area contributed by atoms with Crippen LogP contribution in [0.25, 0.3) is 0 Å². The Bertz CT molecular complexity index is 692. The lowest BCUT2D eigenvalue weighted by molar-refractivity contribution is 0.125. The second kappa shape index (κ2) is 9.74. The Hall–Kier alpha value is -2.47. The van der Waals surface area contributed by atoms with E-state index in [2.05, 4.69) is 15.6 Å². The van der Waals surface area contributed by atoms with Crippen LogP contribution in [0.2, 0.25) is 0 Å². The second-order valence-corrected chi connectivity index (χ2v) is 5.57. The molecule has 0 aromatic heterocycles. The van der Waals surface area contributed by atoms with E-state index in [0.717, 1.165) is 11.6 Å². The van der Waals surface area contributed by atoms with Crippen LogP contribution in [-0.2, 0) is 11.3 Å². The predicted molar refractivity (Wildman–Crippen MR) is 95.4 cm³/mol. The van der Waals surface area contributed by atoms with Gasteiger partial charge < -0.3 is 15.4 Å². The molecule has 0 aliphatic heterocycles. The van der Waals surface area contributed by atoms with Crippen molar-refractivity contribution in [3.8, 4) is 0 Å². The van der Waals surface area contributed by atoms with Gasteiger partial charge in [0.2, 0.25) is 0 Å². The van der Waals surface area contributed by atoms with E-state index >= 15 is 0 Å². The van der Waals surface area contributed by atoms with Crippen LogP contribution in [0.3, 0.4) is 0 Å². The number of benzene rings is 2. The van der Waals surface area contributed by atoms with Gasteiger partial charge in [-0.25, -0.2) is 8.78 Å². The molecule has 134 valence electrons. The van der Waals surface area contributed by atoms with Crippen molar-refractivity contribution in [1.29, 1.82) is 0 Å². The summed E-state index contributed by atoms with van der Waals surface area (Å²) in [5.41, 5.74) is 1.50. The van der Waals surface area contributed by atoms with Crippen LogP contribution >= 0.6 is 0 Å². The monoisotopic (exact) mass is 347 g/mol. The van der Waals surface area contributed by atoms with Gasteiger partial charge in [-0.05, 0) is 18.6 Å². The molecule has 0 heterocycles. The molecule has 2 rings (SSSR count). The summed E-state index contributed by atoms with van der Waals surface area (Å²) in [4.78, 5) is 4.10. The first kappa shape index (κ1) is 18.9. The van der Waals surface area contributed by atoms with E-state index in [0.29, 0.717) is 31.3 Å². The number of halogens is 2. The average molecular weight is 347 g/mol. The number of hydrogen-bond acceptors (Lipinski definition) is 2. The van der Waals surface area contributed by atoms with E-state index in [4.69, 9.17) is 4.74 Å². The lowest BCUT2D eigenvalue weighted by Gasteiger charge is -2.19. The van der Waals surface area contributed by atoms with Crippen LogP contribution in [-0.4, -0.2) is 26.2 Å². The molecule has 0 aliphatic carbocycles. The normalized spacial score (nSPS) is 12.7. The highest BCUT2D eigenvalue weighted by molar-refractivity contribution is 5.80. The van der Waals surface area contributed by atoms with Gasteiger partial charge in [0, 0.05) is 25.2 Å². The molecule has 0 saturated carbocycles. The van der Waals surface area contributed by atoms with Crippen LogP contribution in [0.15, 0.2) is 53.5 Å². The fourth-order valence-corrected chi connectivity index (χ4v) is 2.34. The van der Waals surface area contributed by atoms with Crippen molar-refractivity contribution >= 4 is 5.96 Å². The Morgan fingerprint density at radius 3 is 2.60 bits per heavy atom. The molecule has 0 aliphatic rings. The second-order valence-electron chi connectivity index (χ2n) is 5.57. The molecular formula is C19H23F2N3O. The minimum Gasteiger partial charge on any atom is -0.375 e. The molecule has 0 saturated heterocycles. The average Bonchev–Trinajstić information content (AvgIpc) is 2.61. The van der Waals surface area contributed by atoms with Crippen molar-refractivity contribution < 1.29 is 13.5 Å². The molecule has 2 aromatic carbocycles. The summed E-state index contributed by atoms with van der Waals surface area (Å²) < 4.78 is 32.4. The van der Waals surface area contributed by atoms with Gasteiger partial charge in [0.1, 0.15) is 11.6 Å². The van der Waals surface area contributed by atoms with Gasteiger partial charge in [-0.2, -0.15) is 0 Å². The third-order valence-corrected chi connectivity index (χ3v) is 3.66. The Labute approximate surface area is 146 Å². The molecule has 6 heteroatoms. The Kier molecular flexibility index (Phi) is 7.35. The van der Waals surface area contributed by atoms with E-state index in [1.807, 2.05) is 30.3 Å². The summed E-state index contributed by atoms with van der Waals surface area (Å²) in [5, 5.41) is 6.18. The summed E-state index contributed by atoms with van der Waals surface area (Å²) in [7, 11) is 1.63. The first-order chi connectivity index (χ1) is 12.1. The molecule has 2 N–H and O–H groups in total. The Morgan fingerprint density at radius 2 is 1.92 bits per heavy atom. The molecule has 0 radical (unpaired) electrons. The highest BCUT2D eigenvalue weighted by atomic mass is 19.1. The van der Waals surface area contributed by atoms with Crippen molar-refractivity contribution in [1.82, 2.24) is 10.6 Å². The number of nitrogens with one attached hydrogen (secondary N) is 2. The number of hydrogen-bond donors (Lipinski definition) is 2. The number of rotatable bonds is 7. The van der Waals surface area contributed by atoms with Crippen LogP contribution in [0.1, 0.15) is 24.1 Å². The Balaban J connectivity index is 1.74. The quantitative estimate of drug-likeness (QED) is 0.458. The topological polar surface area (TPSA) is 45.7 Å². The molecule has 4 nitrogen and oxygen atoms in total. The van der Waals surface area contributed by atoms with Crippen molar-refractivity contribution in [2.24, 2.45) is 4.99 Å². The number of nitrogens with zero attached hydrogens (tertiary/aromatic N) is 1. The van der Waals surface area contributed by atoms with Gasteiger partial charge in [0.05, 0.1) is 19.3 Å². The van der Waals surface area contributed by atoms with Gasteiger partial charge in [-0.15, -0.1) is 0 Å². The van der Waals surface area contributed by atoms with Gasteiger partial charge in [-0.1, -0.05) is 36.4 Å². The predicted octanol–water partition coefficient (Wildman–Crippen LogP) is 3.41. The largest absolute Gasteiger partial charge is 0.375 e. The highest BCUT2D eigenvalue weighted by Gasteiger charge is 2.13. The van der Waals surface area contributed by atoms with Crippen LogP contribution < -0.4 is 10.6 Å². The first-order valence-corrected chi connectivity index (χ1v) is 8.14. The van der Waals surface area contributed by atoms with Crippen molar-refractivity contribution in [2.75, 3.05) is 20.2 Å². The van der Waals surface area contributed by atoms with Gasteiger partial charge in [0.15, 0.2) is 5.96 Å². The minimum atomic E-state index is -0.591. The minimum absolute atomic E-state index is 0.350. The molecule has 2 aromatic rings. The summed E-state index contributed by atoms with van der Waals surface area (Å²) in [6, 6.07) is 13.1. The standard InChI is InChI=1S/C19H23F2N3O/c1-14(17-9-8-16(20)12-18(17)21)24-19(22-2)23-10-11-25-13-15-6-4-3-5-7-15/h3-9,12,14H,10-11,13H2,1-2H3,(H2,22,23,24). The fraction of sp³-hybridized carbons (Fsp3) is 0.316. The van der Waals surface area contributed by atoms with Crippen LogP contribution in [0.5, 0.6) is 0 Å². The molecule has 0 spiro atoms. The number of guanidine groups is 1. The molecule has 25 heavy (non-hydrogen) atoms. The third-order valence-electron chi connectivity index (χ3n) is 3.66. The van der Waals surface area contributed by atoms with Gasteiger partial charge >= 0.3 is 0 Å². The fourth-order valence-electron chi connectivity index (χ4n) is 2.34. The number of ether oxygens (including phenoxy) is 1. The maximum atomic E-state index is 13.8. The van der Waals surface area contributed by atoms with Crippen molar-refractivity contribution in [2.45, 2.75) is 19.6 Å². The van der Waals surface area contributed by atoms with Gasteiger partial charge in [0.25, 0.3) is 0 Å². The SMILES string of the molecule is CN=C(NCCOCc1ccccc1)NC(C)c1ccc(F)cc1F. The smallest absolute Gasteiger partial charge is 0.191 e. The molecular weight excluding hydrogens is 324 g/mol.